The summed E-state index contributed by atoms with van der Waals surface area (Å²) in [7, 11) is 1.63. The molecular weight excluding hydrogens is 242 g/mol. The molecule has 0 spiro atoms. The Morgan fingerprint density at radius 1 is 1.42 bits per heavy atom. The second-order valence-corrected chi connectivity index (χ2v) is 5.12. The smallest absolute Gasteiger partial charge is 0.307 e. The predicted octanol–water partition coefficient (Wildman–Crippen LogP) is 3.08. The van der Waals surface area contributed by atoms with Gasteiger partial charge in [-0.05, 0) is 36.1 Å². The van der Waals surface area contributed by atoms with Crippen molar-refractivity contribution in [2.75, 3.05) is 7.11 Å². The molecule has 0 saturated carbocycles. The number of H-pyrrole nitrogens is 1. The molecule has 1 heterocycles. The van der Waals surface area contributed by atoms with E-state index in [0.29, 0.717) is 6.42 Å². The van der Waals surface area contributed by atoms with Crippen molar-refractivity contribution in [2.24, 2.45) is 11.8 Å². The van der Waals surface area contributed by atoms with Crippen molar-refractivity contribution in [1.82, 2.24) is 4.98 Å². The number of aliphatic carboxylic acids is 1. The molecule has 0 radical (unpaired) electrons. The quantitative estimate of drug-likeness (QED) is 0.869. The molecule has 1 atom stereocenters. The van der Waals surface area contributed by atoms with E-state index in [1.54, 1.807) is 7.11 Å². The highest BCUT2D eigenvalue weighted by molar-refractivity contribution is 5.85. The number of aromatic nitrogens is 1. The molecule has 102 valence electrons. The van der Waals surface area contributed by atoms with Gasteiger partial charge in [0.25, 0.3) is 0 Å². The summed E-state index contributed by atoms with van der Waals surface area (Å²) in [6.07, 6.45) is 2.42. The Morgan fingerprint density at radius 3 is 2.74 bits per heavy atom. The van der Waals surface area contributed by atoms with Crippen LogP contribution in [-0.4, -0.2) is 23.2 Å². The molecule has 2 N–H and O–H groups in total. The average Bonchev–Trinajstić information content (AvgIpc) is 2.77. The molecule has 19 heavy (non-hydrogen) atoms. The van der Waals surface area contributed by atoms with Gasteiger partial charge in [0.05, 0.1) is 13.0 Å². The third kappa shape index (κ3) is 2.72. The Kier molecular flexibility index (Phi) is 3.79. The van der Waals surface area contributed by atoms with Crippen LogP contribution in [0.25, 0.3) is 10.9 Å². The van der Waals surface area contributed by atoms with Gasteiger partial charge in [0.2, 0.25) is 0 Å². The number of ether oxygens (including phenoxy) is 1. The van der Waals surface area contributed by atoms with Crippen LogP contribution in [-0.2, 0) is 11.2 Å². The van der Waals surface area contributed by atoms with Gasteiger partial charge in [0.1, 0.15) is 5.75 Å². The van der Waals surface area contributed by atoms with Crippen LogP contribution in [0.1, 0.15) is 19.4 Å². The van der Waals surface area contributed by atoms with Crippen LogP contribution in [0.15, 0.2) is 24.4 Å². The molecule has 0 aliphatic heterocycles. The molecule has 0 amide bonds. The fourth-order valence-corrected chi connectivity index (χ4v) is 2.30. The minimum Gasteiger partial charge on any atom is -0.497 e. The number of benzene rings is 1. The van der Waals surface area contributed by atoms with Crippen LogP contribution in [0.3, 0.4) is 0 Å². The topological polar surface area (TPSA) is 62.3 Å². The average molecular weight is 261 g/mol. The Hall–Kier alpha value is -1.97. The summed E-state index contributed by atoms with van der Waals surface area (Å²) in [6.45, 7) is 3.88. The first-order valence-electron chi connectivity index (χ1n) is 6.39. The lowest BCUT2D eigenvalue weighted by Gasteiger charge is -2.15. The van der Waals surface area contributed by atoms with E-state index in [4.69, 9.17) is 4.74 Å². The fourth-order valence-electron chi connectivity index (χ4n) is 2.30. The van der Waals surface area contributed by atoms with Gasteiger partial charge < -0.3 is 14.8 Å². The highest BCUT2D eigenvalue weighted by Gasteiger charge is 2.23. The number of fused-ring (bicyclic) bond motifs is 1. The van der Waals surface area contributed by atoms with E-state index in [1.807, 2.05) is 38.2 Å². The summed E-state index contributed by atoms with van der Waals surface area (Å²) in [5.74, 6) is -0.227. The number of carboxylic acid groups (broad SMARTS) is 1. The largest absolute Gasteiger partial charge is 0.497 e. The van der Waals surface area contributed by atoms with Crippen molar-refractivity contribution in [3.8, 4) is 5.75 Å². The highest BCUT2D eigenvalue weighted by atomic mass is 16.5. The van der Waals surface area contributed by atoms with Crippen molar-refractivity contribution in [3.05, 3.63) is 30.0 Å². The van der Waals surface area contributed by atoms with Crippen molar-refractivity contribution < 1.29 is 14.6 Å². The summed E-state index contributed by atoms with van der Waals surface area (Å²) < 4.78 is 5.22. The van der Waals surface area contributed by atoms with Gasteiger partial charge in [0, 0.05) is 17.1 Å². The van der Waals surface area contributed by atoms with Crippen molar-refractivity contribution >= 4 is 16.9 Å². The molecule has 1 aromatic heterocycles. The van der Waals surface area contributed by atoms with E-state index >= 15 is 0 Å². The molecule has 1 aromatic carbocycles. The molecule has 0 saturated heterocycles. The molecule has 2 rings (SSSR count). The van der Waals surface area contributed by atoms with Crippen LogP contribution in [0.5, 0.6) is 5.75 Å². The van der Waals surface area contributed by atoms with E-state index in [0.717, 1.165) is 22.2 Å². The summed E-state index contributed by atoms with van der Waals surface area (Å²) in [4.78, 5) is 14.5. The standard InChI is InChI=1S/C15H19NO3/c1-9(2)12(15(17)18)6-10-8-16-14-5-4-11(19-3)7-13(10)14/h4-5,7-9,12,16H,6H2,1-3H3,(H,17,18). The van der Waals surface area contributed by atoms with E-state index < -0.39 is 5.97 Å². The summed E-state index contributed by atoms with van der Waals surface area (Å²) in [5, 5.41) is 10.3. The van der Waals surface area contributed by atoms with E-state index in [9.17, 15) is 9.90 Å². The number of aromatic amines is 1. The highest BCUT2D eigenvalue weighted by Crippen LogP contribution is 2.27. The maximum absolute atomic E-state index is 11.3. The van der Waals surface area contributed by atoms with Crippen LogP contribution >= 0.6 is 0 Å². The van der Waals surface area contributed by atoms with Gasteiger partial charge in [-0.25, -0.2) is 0 Å². The van der Waals surface area contributed by atoms with Gasteiger partial charge in [0.15, 0.2) is 0 Å². The number of hydrogen-bond acceptors (Lipinski definition) is 2. The zero-order valence-electron chi connectivity index (χ0n) is 11.4. The Labute approximate surface area is 112 Å². The maximum Gasteiger partial charge on any atom is 0.307 e. The molecule has 4 heteroatoms. The van der Waals surface area contributed by atoms with Crippen LogP contribution < -0.4 is 4.74 Å². The summed E-state index contributed by atoms with van der Waals surface area (Å²) in [6, 6.07) is 5.78. The summed E-state index contributed by atoms with van der Waals surface area (Å²) >= 11 is 0. The number of nitrogens with one attached hydrogen (secondary N) is 1. The van der Waals surface area contributed by atoms with Gasteiger partial charge in [-0.1, -0.05) is 13.8 Å². The van der Waals surface area contributed by atoms with Crippen LogP contribution in [0.2, 0.25) is 0 Å². The van der Waals surface area contributed by atoms with Gasteiger partial charge in [-0.3, -0.25) is 4.79 Å². The van der Waals surface area contributed by atoms with E-state index in [2.05, 4.69) is 4.98 Å². The monoisotopic (exact) mass is 261 g/mol. The van der Waals surface area contributed by atoms with Crippen molar-refractivity contribution in [1.29, 1.82) is 0 Å². The Morgan fingerprint density at radius 2 is 2.16 bits per heavy atom. The van der Waals surface area contributed by atoms with E-state index in [1.165, 1.54) is 0 Å². The Bertz CT molecular complexity index is 586. The first kappa shape index (κ1) is 13.5. The molecule has 0 bridgehead atoms. The minimum atomic E-state index is -0.743. The number of hydrogen-bond donors (Lipinski definition) is 2. The van der Waals surface area contributed by atoms with Gasteiger partial charge in [-0.2, -0.15) is 0 Å². The lowest BCUT2D eigenvalue weighted by atomic mass is 9.89. The van der Waals surface area contributed by atoms with Gasteiger partial charge >= 0.3 is 5.97 Å². The lowest BCUT2D eigenvalue weighted by Crippen LogP contribution is -2.21. The van der Waals surface area contributed by atoms with Crippen molar-refractivity contribution in [2.45, 2.75) is 20.3 Å². The number of carbonyl (C=O) groups is 1. The SMILES string of the molecule is COc1ccc2[nH]cc(CC(C(=O)O)C(C)C)c2c1. The first-order chi connectivity index (χ1) is 9.02. The Balaban J connectivity index is 2.36. The predicted molar refractivity (Wildman–Crippen MR) is 74.5 cm³/mol. The lowest BCUT2D eigenvalue weighted by molar-refractivity contribution is -0.143. The first-order valence-corrected chi connectivity index (χ1v) is 6.39. The van der Waals surface area contributed by atoms with Crippen molar-refractivity contribution in [3.63, 3.8) is 0 Å². The third-order valence-electron chi connectivity index (χ3n) is 3.54. The molecule has 2 aromatic rings. The second kappa shape index (κ2) is 5.34. The molecule has 1 unspecified atom stereocenters. The fraction of sp³-hybridized carbons (Fsp3) is 0.400. The van der Waals surface area contributed by atoms with Gasteiger partial charge in [-0.15, -0.1) is 0 Å². The number of carboxylic acids is 1. The van der Waals surface area contributed by atoms with Crippen LogP contribution in [0.4, 0.5) is 0 Å². The number of rotatable bonds is 5. The molecule has 0 aliphatic carbocycles. The third-order valence-corrected chi connectivity index (χ3v) is 3.54. The molecular formula is C15H19NO3. The zero-order chi connectivity index (χ0) is 14.0. The molecule has 0 aliphatic rings. The molecule has 0 fully saturated rings. The van der Waals surface area contributed by atoms with Crippen LogP contribution in [0, 0.1) is 11.8 Å². The maximum atomic E-state index is 11.3. The summed E-state index contributed by atoms with van der Waals surface area (Å²) in [5.41, 5.74) is 2.03. The molecule has 4 nitrogen and oxygen atoms in total. The normalized spacial score (nSPS) is 12.8. The number of methoxy groups -OCH3 is 1. The van der Waals surface area contributed by atoms with E-state index in [-0.39, 0.29) is 11.8 Å². The minimum absolute atomic E-state index is 0.105. The zero-order valence-corrected chi connectivity index (χ0v) is 11.4. The second-order valence-electron chi connectivity index (χ2n) is 5.12.